The highest BCUT2D eigenvalue weighted by Gasteiger charge is 2.18. The van der Waals surface area contributed by atoms with Crippen molar-refractivity contribution in [3.05, 3.63) is 35.9 Å². The largest absolute Gasteiger partial charge is 0.496 e. The maximum absolute atomic E-state index is 11.0. The minimum Gasteiger partial charge on any atom is -0.496 e. The van der Waals surface area contributed by atoms with Crippen molar-refractivity contribution >= 4 is 5.97 Å². The minimum atomic E-state index is -1.01. The number of hydrogen-bond donors (Lipinski definition) is 1. The summed E-state index contributed by atoms with van der Waals surface area (Å²) in [6.45, 7) is 5.66. The van der Waals surface area contributed by atoms with Crippen LogP contribution in [0.5, 0.6) is 11.5 Å². The van der Waals surface area contributed by atoms with Crippen LogP contribution in [-0.2, 0) is 0 Å². The van der Waals surface area contributed by atoms with Crippen molar-refractivity contribution in [1.82, 2.24) is 0 Å². The summed E-state index contributed by atoms with van der Waals surface area (Å²) in [5.74, 6) is -0.00884. The van der Waals surface area contributed by atoms with Crippen LogP contribution in [0.2, 0.25) is 0 Å². The number of benzene rings is 1. The van der Waals surface area contributed by atoms with Crippen LogP contribution < -0.4 is 9.47 Å². The van der Waals surface area contributed by atoms with Crippen LogP contribution in [0.1, 0.15) is 28.8 Å². The van der Waals surface area contributed by atoms with Gasteiger partial charge in [-0.15, -0.1) is 6.58 Å². The van der Waals surface area contributed by atoms with Gasteiger partial charge in [0, 0.05) is 11.5 Å². The fraction of sp³-hybridized carbons (Fsp3) is 0.308. The first kappa shape index (κ1) is 13.1. The Morgan fingerprint density at radius 2 is 1.82 bits per heavy atom. The summed E-state index contributed by atoms with van der Waals surface area (Å²) in [6, 6.07) is 2.97. The summed E-state index contributed by atoms with van der Waals surface area (Å²) in [5.41, 5.74) is 0.939. The molecule has 1 unspecified atom stereocenters. The minimum absolute atomic E-state index is 0.0164. The third-order valence-electron chi connectivity index (χ3n) is 2.60. The van der Waals surface area contributed by atoms with Crippen LogP contribution in [0.15, 0.2) is 24.8 Å². The molecule has 0 aliphatic heterocycles. The molecule has 0 bridgehead atoms. The molecular formula is C13H16O4. The fourth-order valence-corrected chi connectivity index (χ4v) is 1.63. The lowest BCUT2D eigenvalue weighted by Gasteiger charge is -2.17. The molecule has 1 aromatic rings. The van der Waals surface area contributed by atoms with Gasteiger partial charge < -0.3 is 14.6 Å². The lowest BCUT2D eigenvalue weighted by molar-refractivity contribution is 0.0696. The summed E-state index contributed by atoms with van der Waals surface area (Å²) in [7, 11) is 3.00. The number of rotatable bonds is 5. The molecule has 0 aliphatic carbocycles. The van der Waals surface area contributed by atoms with Crippen LogP contribution in [0.25, 0.3) is 0 Å². The van der Waals surface area contributed by atoms with Crippen molar-refractivity contribution in [3.8, 4) is 11.5 Å². The number of carboxylic acid groups (broad SMARTS) is 1. The van der Waals surface area contributed by atoms with Gasteiger partial charge in [0.2, 0.25) is 0 Å². The van der Waals surface area contributed by atoms with Gasteiger partial charge in [-0.1, -0.05) is 13.0 Å². The lowest BCUT2D eigenvalue weighted by atomic mass is 9.97. The van der Waals surface area contributed by atoms with E-state index >= 15 is 0 Å². The molecule has 1 atom stereocenters. The van der Waals surface area contributed by atoms with Crippen molar-refractivity contribution in [1.29, 1.82) is 0 Å². The van der Waals surface area contributed by atoms with E-state index in [4.69, 9.17) is 14.6 Å². The van der Waals surface area contributed by atoms with Gasteiger partial charge in [0.1, 0.15) is 11.5 Å². The number of hydrogen-bond acceptors (Lipinski definition) is 3. The van der Waals surface area contributed by atoms with Crippen LogP contribution in [-0.4, -0.2) is 25.3 Å². The number of carbonyl (C=O) groups is 1. The van der Waals surface area contributed by atoms with Crippen molar-refractivity contribution in [2.75, 3.05) is 14.2 Å². The summed E-state index contributed by atoms with van der Waals surface area (Å²) in [4.78, 5) is 11.0. The zero-order valence-electron chi connectivity index (χ0n) is 10.2. The Bertz CT molecular complexity index is 412. The first-order chi connectivity index (χ1) is 8.04. The molecule has 0 saturated carbocycles. The number of allylic oxidation sites excluding steroid dienone is 1. The average molecular weight is 236 g/mol. The van der Waals surface area contributed by atoms with E-state index < -0.39 is 5.97 Å². The van der Waals surface area contributed by atoms with Gasteiger partial charge in [-0.3, -0.25) is 0 Å². The van der Waals surface area contributed by atoms with Crippen molar-refractivity contribution in [3.63, 3.8) is 0 Å². The first-order valence-electron chi connectivity index (χ1n) is 5.16. The van der Waals surface area contributed by atoms with Gasteiger partial charge in [0.25, 0.3) is 0 Å². The van der Waals surface area contributed by atoms with E-state index in [0.29, 0.717) is 11.5 Å². The van der Waals surface area contributed by atoms with Gasteiger partial charge in [-0.25, -0.2) is 4.79 Å². The Balaban J connectivity index is 3.46. The molecule has 0 saturated heterocycles. The Morgan fingerprint density at radius 1 is 1.35 bits per heavy atom. The molecule has 0 heterocycles. The molecule has 0 aromatic heterocycles. The molecule has 4 nitrogen and oxygen atoms in total. The Morgan fingerprint density at radius 3 is 2.12 bits per heavy atom. The number of methoxy groups -OCH3 is 2. The highest BCUT2D eigenvalue weighted by Crippen LogP contribution is 2.37. The summed E-state index contributed by atoms with van der Waals surface area (Å²) >= 11 is 0. The van der Waals surface area contributed by atoms with E-state index in [0.717, 1.165) is 5.56 Å². The fourth-order valence-electron chi connectivity index (χ4n) is 1.63. The Kier molecular flexibility index (Phi) is 4.15. The predicted molar refractivity (Wildman–Crippen MR) is 65.1 cm³/mol. The normalized spacial score (nSPS) is 11.7. The predicted octanol–water partition coefficient (Wildman–Crippen LogP) is 2.69. The van der Waals surface area contributed by atoms with E-state index in [1.165, 1.54) is 26.4 Å². The van der Waals surface area contributed by atoms with Crippen LogP contribution in [0, 0.1) is 0 Å². The van der Waals surface area contributed by atoms with E-state index in [-0.39, 0.29) is 11.5 Å². The van der Waals surface area contributed by atoms with Gasteiger partial charge >= 0.3 is 5.97 Å². The topological polar surface area (TPSA) is 55.8 Å². The zero-order chi connectivity index (χ0) is 13.0. The SMILES string of the molecule is C=CC(C)c1c(OC)cc(C(=O)O)cc1OC. The van der Waals surface area contributed by atoms with Crippen LogP contribution in [0.3, 0.4) is 0 Å². The molecule has 0 fully saturated rings. The second-order valence-electron chi connectivity index (χ2n) is 3.62. The molecular weight excluding hydrogens is 220 g/mol. The third-order valence-corrected chi connectivity index (χ3v) is 2.60. The molecule has 0 spiro atoms. The van der Waals surface area contributed by atoms with Gasteiger partial charge in [0.15, 0.2) is 0 Å². The third kappa shape index (κ3) is 2.58. The van der Waals surface area contributed by atoms with E-state index in [1.807, 2.05) is 6.92 Å². The average Bonchev–Trinajstić information content (AvgIpc) is 2.35. The van der Waals surface area contributed by atoms with E-state index in [2.05, 4.69) is 6.58 Å². The van der Waals surface area contributed by atoms with E-state index in [1.54, 1.807) is 6.08 Å². The quantitative estimate of drug-likeness (QED) is 0.798. The molecule has 17 heavy (non-hydrogen) atoms. The summed E-state index contributed by atoms with van der Waals surface area (Å²) in [5, 5.41) is 8.98. The molecule has 1 N–H and O–H groups in total. The van der Waals surface area contributed by atoms with Gasteiger partial charge in [0.05, 0.1) is 19.8 Å². The second-order valence-corrected chi connectivity index (χ2v) is 3.62. The van der Waals surface area contributed by atoms with Crippen molar-refractivity contribution in [2.24, 2.45) is 0 Å². The highest BCUT2D eigenvalue weighted by molar-refractivity contribution is 5.89. The monoisotopic (exact) mass is 236 g/mol. The van der Waals surface area contributed by atoms with E-state index in [9.17, 15) is 4.79 Å². The first-order valence-corrected chi connectivity index (χ1v) is 5.16. The Hall–Kier alpha value is -1.97. The number of carboxylic acids is 1. The van der Waals surface area contributed by atoms with Crippen LogP contribution >= 0.6 is 0 Å². The summed E-state index contributed by atoms with van der Waals surface area (Å²) in [6.07, 6.45) is 1.75. The van der Waals surface area contributed by atoms with Crippen LogP contribution in [0.4, 0.5) is 0 Å². The highest BCUT2D eigenvalue weighted by atomic mass is 16.5. The zero-order valence-corrected chi connectivity index (χ0v) is 10.2. The molecule has 1 aromatic carbocycles. The van der Waals surface area contributed by atoms with Gasteiger partial charge in [-0.2, -0.15) is 0 Å². The molecule has 1 rings (SSSR count). The Labute approximate surface area is 100 Å². The molecule has 0 radical (unpaired) electrons. The number of ether oxygens (including phenoxy) is 2. The maximum atomic E-state index is 11.0. The second kappa shape index (κ2) is 5.39. The molecule has 0 amide bonds. The number of aromatic carboxylic acids is 1. The lowest BCUT2D eigenvalue weighted by Crippen LogP contribution is -2.04. The molecule has 4 heteroatoms. The smallest absolute Gasteiger partial charge is 0.335 e. The standard InChI is InChI=1S/C13H16O4/c1-5-8(2)12-10(16-3)6-9(13(14)15)7-11(12)17-4/h5-8H,1H2,2-4H3,(H,14,15). The van der Waals surface area contributed by atoms with Crippen molar-refractivity contribution < 1.29 is 19.4 Å². The molecule has 0 aliphatic rings. The molecule has 92 valence electrons. The maximum Gasteiger partial charge on any atom is 0.335 e. The van der Waals surface area contributed by atoms with Crippen molar-refractivity contribution in [2.45, 2.75) is 12.8 Å². The summed E-state index contributed by atoms with van der Waals surface area (Å²) < 4.78 is 10.4. The van der Waals surface area contributed by atoms with Gasteiger partial charge in [-0.05, 0) is 12.1 Å².